The number of benzene rings is 1. The highest BCUT2D eigenvalue weighted by Crippen LogP contribution is 2.36. The third kappa shape index (κ3) is 4.55. The van der Waals surface area contributed by atoms with Crippen LogP contribution in [-0.2, 0) is 23.2 Å². The second-order valence-corrected chi connectivity index (χ2v) is 9.50. The van der Waals surface area contributed by atoms with Gasteiger partial charge in [0.05, 0.1) is 17.6 Å². The van der Waals surface area contributed by atoms with Crippen LogP contribution in [0, 0.1) is 11.6 Å². The van der Waals surface area contributed by atoms with Gasteiger partial charge in [0.2, 0.25) is 0 Å². The molecule has 1 saturated heterocycles. The fraction of sp³-hybridized carbons (Fsp3) is 0.300. The van der Waals surface area contributed by atoms with Gasteiger partial charge in [-0.15, -0.1) is 0 Å². The number of nitrogens with zero attached hydrogens (tertiary/aromatic N) is 4. The first-order valence-corrected chi connectivity index (χ1v) is 11.1. The number of imidazole rings is 1. The zero-order valence-electron chi connectivity index (χ0n) is 17.1. The molecular formula is C20H18F5N5O2S. The molecule has 1 fully saturated rings. The number of rotatable bonds is 5. The maximum Gasteiger partial charge on any atom is 0.419 e. The molecular weight excluding hydrogens is 469 g/mol. The van der Waals surface area contributed by atoms with E-state index in [4.69, 9.17) is 0 Å². The van der Waals surface area contributed by atoms with Crippen molar-refractivity contribution >= 4 is 15.7 Å². The quantitative estimate of drug-likeness (QED) is 0.559. The summed E-state index contributed by atoms with van der Waals surface area (Å²) in [5.74, 6) is -2.95. The summed E-state index contributed by atoms with van der Waals surface area (Å²) in [4.78, 5) is 7.88. The van der Waals surface area contributed by atoms with Gasteiger partial charge in [0, 0.05) is 50.2 Å². The summed E-state index contributed by atoms with van der Waals surface area (Å²) in [6.07, 6.45) is -0.961. The molecule has 0 bridgehead atoms. The largest absolute Gasteiger partial charge is 0.419 e. The van der Waals surface area contributed by atoms with Crippen LogP contribution in [0.1, 0.15) is 17.2 Å². The van der Waals surface area contributed by atoms with Gasteiger partial charge in [0.15, 0.2) is 5.03 Å². The molecule has 0 saturated carbocycles. The number of nitrogens with one attached hydrogen (secondary N) is 1. The van der Waals surface area contributed by atoms with Gasteiger partial charge in [-0.2, -0.15) is 17.5 Å². The first-order valence-electron chi connectivity index (χ1n) is 9.68. The van der Waals surface area contributed by atoms with Gasteiger partial charge in [0.25, 0.3) is 10.0 Å². The van der Waals surface area contributed by atoms with Crippen LogP contribution in [0.2, 0.25) is 0 Å². The minimum atomic E-state index is -4.92. The van der Waals surface area contributed by atoms with Gasteiger partial charge in [0.1, 0.15) is 11.6 Å². The molecule has 0 aliphatic carbocycles. The number of hydrogen-bond donors (Lipinski definition) is 1. The van der Waals surface area contributed by atoms with E-state index in [0.29, 0.717) is 12.1 Å². The first kappa shape index (κ1) is 23.1. The van der Waals surface area contributed by atoms with Gasteiger partial charge in [-0.05, 0) is 30.3 Å². The van der Waals surface area contributed by atoms with Gasteiger partial charge in [-0.1, -0.05) is 0 Å². The molecule has 2 aromatic heterocycles. The molecule has 176 valence electrons. The zero-order chi connectivity index (χ0) is 24.0. The van der Waals surface area contributed by atoms with Crippen molar-refractivity contribution in [1.29, 1.82) is 0 Å². The Bertz CT molecular complexity index is 1280. The number of sulfonamides is 1. The Morgan fingerprint density at radius 2 is 1.85 bits per heavy atom. The highest BCUT2D eigenvalue weighted by molar-refractivity contribution is 7.89. The Hall–Kier alpha value is -3.06. The lowest BCUT2D eigenvalue weighted by atomic mass is 9.98. The van der Waals surface area contributed by atoms with Crippen LogP contribution in [0.4, 0.5) is 27.6 Å². The smallest absolute Gasteiger partial charge is 0.380 e. The van der Waals surface area contributed by atoms with Crippen molar-refractivity contribution in [2.24, 2.45) is 7.05 Å². The van der Waals surface area contributed by atoms with Crippen molar-refractivity contribution in [3.8, 4) is 0 Å². The molecule has 0 unspecified atom stereocenters. The van der Waals surface area contributed by atoms with Gasteiger partial charge in [-0.25, -0.2) is 22.2 Å². The monoisotopic (exact) mass is 487 g/mol. The lowest BCUT2D eigenvalue weighted by molar-refractivity contribution is -0.139. The Morgan fingerprint density at radius 3 is 2.48 bits per heavy atom. The average Bonchev–Trinajstić information content (AvgIpc) is 3.36. The van der Waals surface area contributed by atoms with Gasteiger partial charge < -0.3 is 9.88 Å². The van der Waals surface area contributed by atoms with Crippen molar-refractivity contribution in [3.63, 3.8) is 0 Å². The molecule has 1 aliphatic heterocycles. The van der Waals surface area contributed by atoms with E-state index < -0.39 is 45.4 Å². The Kier molecular flexibility index (Phi) is 5.86. The molecule has 1 aliphatic rings. The number of anilines is 1. The summed E-state index contributed by atoms with van der Waals surface area (Å²) in [6, 6.07) is 4.05. The highest BCUT2D eigenvalue weighted by atomic mass is 32.2. The van der Waals surface area contributed by atoms with Gasteiger partial charge in [-0.3, -0.25) is 4.98 Å². The van der Waals surface area contributed by atoms with E-state index >= 15 is 0 Å². The predicted octanol–water partition coefficient (Wildman–Crippen LogP) is 3.38. The van der Waals surface area contributed by atoms with E-state index in [1.165, 1.54) is 29.4 Å². The van der Waals surface area contributed by atoms with Crippen LogP contribution in [0.3, 0.4) is 0 Å². The fourth-order valence-electron chi connectivity index (χ4n) is 3.76. The third-order valence-electron chi connectivity index (χ3n) is 5.33. The Morgan fingerprint density at radius 1 is 1.09 bits per heavy atom. The zero-order valence-corrected chi connectivity index (χ0v) is 17.9. The second kappa shape index (κ2) is 8.37. The molecule has 13 heteroatoms. The maximum atomic E-state index is 14.5. The van der Waals surface area contributed by atoms with E-state index in [2.05, 4.69) is 15.3 Å². The van der Waals surface area contributed by atoms with Crippen molar-refractivity contribution in [2.45, 2.75) is 23.2 Å². The summed E-state index contributed by atoms with van der Waals surface area (Å²) >= 11 is 0. The van der Waals surface area contributed by atoms with E-state index in [-0.39, 0.29) is 29.5 Å². The molecule has 3 heterocycles. The summed E-state index contributed by atoms with van der Waals surface area (Å²) in [7, 11) is -2.47. The van der Waals surface area contributed by atoms with Crippen molar-refractivity contribution in [2.75, 3.05) is 18.4 Å². The molecule has 33 heavy (non-hydrogen) atoms. The van der Waals surface area contributed by atoms with E-state index in [9.17, 15) is 30.4 Å². The SMILES string of the molecule is Cn1cnc(S(=O)(=O)N2C[C@@H](Nc3ccc(F)c(C(F)(F)F)c3)[C@H](c3ncccc3F)C2)c1. The summed E-state index contributed by atoms with van der Waals surface area (Å²) in [6.45, 7) is -0.379. The molecule has 0 radical (unpaired) electrons. The molecule has 7 nitrogen and oxygen atoms in total. The summed E-state index contributed by atoms with van der Waals surface area (Å²) < 4.78 is 96.2. The minimum absolute atomic E-state index is 0.0353. The Labute approximate surface area is 185 Å². The van der Waals surface area contributed by atoms with Crippen LogP contribution < -0.4 is 5.32 Å². The highest BCUT2D eigenvalue weighted by Gasteiger charge is 2.43. The molecule has 1 aromatic carbocycles. The van der Waals surface area contributed by atoms with Crippen LogP contribution in [0.5, 0.6) is 0 Å². The fourth-order valence-corrected chi connectivity index (χ4v) is 5.22. The first-order chi connectivity index (χ1) is 15.5. The molecule has 0 amide bonds. The summed E-state index contributed by atoms with van der Waals surface area (Å²) in [5, 5.41) is 2.59. The van der Waals surface area contributed by atoms with Crippen LogP contribution in [0.25, 0.3) is 0 Å². The van der Waals surface area contributed by atoms with Crippen LogP contribution in [0.15, 0.2) is 54.1 Å². The second-order valence-electron chi connectivity index (χ2n) is 7.62. The van der Waals surface area contributed by atoms with Crippen LogP contribution >= 0.6 is 0 Å². The van der Waals surface area contributed by atoms with E-state index in [1.54, 1.807) is 7.05 Å². The molecule has 1 N–H and O–H groups in total. The lowest BCUT2D eigenvalue weighted by Gasteiger charge is -2.21. The molecule has 2 atom stereocenters. The normalized spacial score (nSPS) is 19.7. The minimum Gasteiger partial charge on any atom is -0.380 e. The van der Waals surface area contributed by atoms with Crippen LogP contribution in [-0.4, -0.2) is 46.4 Å². The number of aromatic nitrogens is 3. The maximum absolute atomic E-state index is 14.5. The number of aryl methyl sites for hydroxylation is 1. The number of pyridine rings is 1. The van der Waals surface area contributed by atoms with Crippen molar-refractivity contribution in [3.05, 3.63) is 71.9 Å². The number of halogens is 5. The number of hydrogen-bond acceptors (Lipinski definition) is 5. The predicted molar refractivity (Wildman–Crippen MR) is 108 cm³/mol. The van der Waals surface area contributed by atoms with Crippen molar-refractivity contribution in [1.82, 2.24) is 18.8 Å². The standard InChI is InChI=1S/C20H18F5N5O2S/c1-29-10-18(27-11-29)33(31,32)30-8-13(19-16(22)3-2-6-26-19)17(9-30)28-12-4-5-15(21)14(7-12)20(23,24)25/h2-7,10-11,13,17,28H,8-9H2,1H3/t13-,17-/m1/s1. The average molecular weight is 487 g/mol. The van der Waals surface area contributed by atoms with Crippen molar-refractivity contribution < 1.29 is 30.4 Å². The summed E-state index contributed by atoms with van der Waals surface area (Å²) in [5.41, 5.74) is -1.59. The number of alkyl halides is 3. The molecule has 0 spiro atoms. The lowest BCUT2D eigenvalue weighted by Crippen LogP contribution is -2.32. The van der Waals surface area contributed by atoms with Gasteiger partial charge >= 0.3 is 6.18 Å². The topological polar surface area (TPSA) is 80.1 Å². The Balaban J connectivity index is 1.69. The molecule has 3 aromatic rings. The molecule has 4 rings (SSSR count). The van der Waals surface area contributed by atoms with E-state index in [0.717, 1.165) is 16.4 Å². The van der Waals surface area contributed by atoms with E-state index in [1.807, 2.05) is 0 Å². The third-order valence-corrected chi connectivity index (χ3v) is 7.05.